The average Bonchev–Trinajstić information content (AvgIpc) is 2.99. The fourth-order valence-corrected chi connectivity index (χ4v) is 2.23. The van der Waals surface area contributed by atoms with Crippen molar-refractivity contribution in [1.82, 2.24) is 15.0 Å². The van der Waals surface area contributed by atoms with Crippen molar-refractivity contribution in [2.24, 2.45) is 0 Å². The molecular formula is C16H26KN5. The molecule has 2 aromatic heterocycles. The minimum atomic E-state index is 0. The molecule has 2 unspecified atom stereocenters. The summed E-state index contributed by atoms with van der Waals surface area (Å²) in [6.07, 6.45) is 8.42. The van der Waals surface area contributed by atoms with Crippen LogP contribution in [0.15, 0.2) is 18.6 Å². The van der Waals surface area contributed by atoms with E-state index in [1.165, 1.54) is 12.8 Å². The first kappa shape index (κ1) is 20.1. The van der Waals surface area contributed by atoms with Gasteiger partial charge in [-0.25, -0.2) is 9.97 Å². The van der Waals surface area contributed by atoms with Crippen LogP contribution in [0.2, 0.25) is 0 Å². The van der Waals surface area contributed by atoms with Gasteiger partial charge in [-0.1, -0.05) is 40.0 Å². The van der Waals surface area contributed by atoms with Crippen LogP contribution in [0.4, 0.5) is 5.82 Å². The molecule has 0 spiro atoms. The van der Waals surface area contributed by atoms with Gasteiger partial charge in [-0.15, -0.1) is 12.6 Å². The monoisotopic (exact) mass is 327 g/mol. The van der Waals surface area contributed by atoms with Crippen molar-refractivity contribution in [2.75, 3.05) is 11.9 Å². The van der Waals surface area contributed by atoms with Crippen LogP contribution in [-0.4, -0.2) is 33.6 Å². The van der Waals surface area contributed by atoms with Crippen molar-refractivity contribution in [2.45, 2.75) is 58.5 Å². The van der Waals surface area contributed by atoms with E-state index in [1.54, 1.807) is 6.33 Å². The maximum atomic E-state index is 4.56. The third kappa shape index (κ3) is 5.90. The Morgan fingerprint density at radius 3 is 2.68 bits per heavy atom. The smallest absolute Gasteiger partial charge is 0.658 e. The number of aromatic nitrogens is 3. The summed E-state index contributed by atoms with van der Waals surface area (Å²) in [5.41, 5.74) is 0.878. The summed E-state index contributed by atoms with van der Waals surface area (Å²) in [5, 5.41) is 9.07. The first-order chi connectivity index (χ1) is 10.2. The molecule has 116 valence electrons. The van der Waals surface area contributed by atoms with Gasteiger partial charge in [0.25, 0.3) is 0 Å². The number of hydrogen-bond acceptors (Lipinski definition) is 3. The van der Waals surface area contributed by atoms with Crippen molar-refractivity contribution < 1.29 is 51.4 Å². The summed E-state index contributed by atoms with van der Waals surface area (Å²) >= 11 is 0. The molecule has 6 heteroatoms. The van der Waals surface area contributed by atoms with Crippen molar-refractivity contribution in [3.05, 3.63) is 23.9 Å². The summed E-state index contributed by atoms with van der Waals surface area (Å²) < 4.78 is 0. The van der Waals surface area contributed by atoms with Gasteiger partial charge in [-0.2, -0.15) is 0 Å². The second kappa shape index (κ2) is 10.7. The molecule has 1 fully saturated rings. The first-order valence-electron chi connectivity index (χ1n) is 7.95. The van der Waals surface area contributed by atoms with Gasteiger partial charge in [0.2, 0.25) is 0 Å². The zero-order valence-corrected chi connectivity index (χ0v) is 17.4. The third-order valence-electron chi connectivity index (χ3n) is 3.77. The molecule has 1 saturated heterocycles. The van der Waals surface area contributed by atoms with E-state index in [4.69, 9.17) is 0 Å². The Kier molecular flexibility index (Phi) is 9.78. The van der Waals surface area contributed by atoms with Gasteiger partial charge in [-0.05, 0) is 12.5 Å². The standard InChI is InChI=1S/C12H16N5.C4H10.K/c1-8-2-3-9(6-14-8)17-12-10-4-5-13-11(10)15-7-16-12;1-3-4-2;/h4-5,7-9H,2-3,6H2,1H3,(H2,13,15,16,17);3-4H2,1-2H3;/q-1;;+1. The number of nitrogens with one attached hydrogen (secondary N) is 2. The molecule has 2 atom stereocenters. The van der Waals surface area contributed by atoms with Crippen LogP contribution in [0.1, 0.15) is 46.5 Å². The molecule has 0 radical (unpaired) electrons. The normalized spacial score (nSPS) is 20.7. The van der Waals surface area contributed by atoms with E-state index in [2.05, 4.69) is 46.4 Å². The summed E-state index contributed by atoms with van der Waals surface area (Å²) in [4.78, 5) is 11.6. The predicted molar refractivity (Wildman–Crippen MR) is 88.8 cm³/mol. The quantitative estimate of drug-likeness (QED) is 0.830. The number of hydrogen-bond donors (Lipinski definition) is 2. The molecule has 3 heterocycles. The van der Waals surface area contributed by atoms with E-state index in [9.17, 15) is 0 Å². The van der Waals surface area contributed by atoms with Crippen molar-refractivity contribution >= 4 is 16.9 Å². The van der Waals surface area contributed by atoms with Crippen LogP contribution < -0.4 is 56.7 Å². The van der Waals surface area contributed by atoms with E-state index in [1.807, 2.05) is 12.3 Å². The number of piperidine rings is 1. The third-order valence-corrected chi connectivity index (χ3v) is 3.77. The Balaban J connectivity index is 0.000000436. The van der Waals surface area contributed by atoms with Crippen LogP contribution >= 0.6 is 0 Å². The zero-order chi connectivity index (χ0) is 15.1. The van der Waals surface area contributed by atoms with Gasteiger partial charge in [0.15, 0.2) is 0 Å². The van der Waals surface area contributed by atoms with E-state index in [-0.39, 0.29) is 51.4 Å². The number of anilines is 1. The van der Waals surface area contributed by atoms with E-state index in [0.717, 1.165) is 36.2 Å². The van der Waals surface area contributed by atoms with Gasteiger partial charge in [0.1, 0.15) is 17.8 Å². The molecule has 5 nitrogen and oxygen atoms in total. The Morgan fingerprint density at radius 1 is 1.27 bits per heavy atom. The number of unbranched alkanes of at least 4 members (excludes halogenated alkanes) is 1. The molecule has 0 aromatic carbocycles. The summed E-state index contributed by atoms with van der Waals surface area (Å²) in [5.74, 6) is 0.908. The van der Waals surface area contributed by atoms with Crippen molar-refractivity contribution in [3.63, 3.8) is 0 Å². The second-order valence-electron chi connectivity index (χ2n) is 5.60. The van der Waals surface area contributed by atoms with Gasteiger partial charge in [-0.3, -0.25) is 0 Å². The van der Waals surface area contributed by atoms with Crippen LogP contribution in [0, 0.1) is 0 Å². The Morgan fingerprint density at radius 2 is 2.05 bits per heavy atom. The number of fused-ring (bicyclic) bond motifs is 1. The summed E-state index contributed by atoms with van der Waals surface area (Å²) in [7, 11) is 0. The predicted octanol–water partition coefficient (Wildman–Crippen LogP) is 1.10. The van der Waals surface area contributed by atoms with Gasteiger partial charge in [0, 0.05) is 12.2 Å². The van der Waals surface area contributed by atoms with Crippen LogP contribution in [0.25, 0.3) is 16.4 Å². The van der Waals surface area contributed by atoms with Gasteiger partial charge >= 0.3 is 51.4 Å². The largest absolute Gasteiger partial charge is 1.00 e. The topological polar surface area (TPSA) is 67.7 Å². The molecular weight excluding hydrogens is 301 g/mol. The van der Waals surface area contributed by atoms with Gasteiger partial charge < -0.3 is 15.6 Å². The fourth-order valence-electron chi connectivity index (χ4n) is 2.23. The second-order valence-corrected chi connectivity index (χ2v) is 5.60. The molecule has 2 N–H and O–H groups in total. The first-order valence-corrected chi connectivity index (χ1v) is 7.95. The molecule has 22 heavy (non-hydrogen) atoms. The van der Waals surface area contributed by atoms with E-state index >= 15 is 0 Å². The molecule has 3 rings (SSSR count). The minimum absolute atomic E-state index is 0. The zero-order valence-electron chi connectivity index (χ0n) is 14.3. The molecule has 2 aromatic rings. The molecule has 1 aliphatic heterocycles. The Hall–Kier alpha value is 0.0164. The number of nitrogens with zero attached hydrogens (tertiary/aromatic N) is 3. The maximum Gasteiger partial charge on any atom is 1.00 e. The van der Waals surface area contributed by atoms with Crippen molar-refractivity contribution in [3.8, 4) is 0 Å². The molecule has 0 bridgehead atoms. The number of rotatable bonds is 3. The molecule has 0 amide bonds. The van der Waals surface area contributed by atoms with E-state index < -0.39 is 0 Å². The number of aromatic amines is 1. The summed E-state index contributed by atoms with van der Waals surface area (Å²) in [6, 6.07) is 2.91. The number of H-pyrrole nitrogens is 1. The van der Waals surface area contributed by atoms with Crippen LogP contribution in [0.5, 0.6) is 0 Å². The molecule has 0 saturated carbocycles. The SMILES string of the molecule is CC1CCC(Nc2ncnc3[nH]ccc23)C[N-]1.CCCC.[K+]. The Labute approximate surface area is 175 Å². The Bertz CT molecular complexity index is 532. The van der Waals surface area contributed by atoms with E-state index in [0.29, 0.717) is 12.1 Å². The van der Waals surface area contributed by atoms with Crippen LogP contribution in [-0.2, 0) is 0 Å². The average molecular weight is 328 g/mol. The molecule has 0 aliphatic carbocycles. The van der Waals surface area contributed by atoms with Crippen molar-refractivity contribution in [1.29, 1.82) is 0 Å². The minimum Gasteiger partial charge on any atom is -0.658 e. The maximum absolute atomic E-state index is 4.56. The fraction of sp³-hybridized carbons (Fsp3) is 0.625. The van der Waals surface area contributed by atoms with Gasteiger partial charge in [0.05, 0.1) is 5.39 Å². The summed E-state index contributed by atoms with van der Waals surface area (Å²) in [6.45, 7) is 7.41. The molecule has 1 aliphatic rings. The van der Waals surface area contributed by atoms with Crippen LogP contribution in [0.3, 0.4) is 0 Å².